The minimum absolute atomic E-state index is 0.00982. The maximum absolute atomic E-state index is 12.1. The molecule has 1 heterocycles. The van der Waals surface area contributed by atoms with Crippen LogP contribution in [0.5, 0.6) is 0 Å². The molecular formula is C17H15N3O4. The summed E-state index contributed by atoms with van der Waals surface area (Å²) in [5, 5.41) is 16.3. The number of carbonyl (C=O) groups excluding carboxylic acids is 2. The van der Waals surface area contributed by atoms with E-state index in [-0.39, 0.29) is 17.5 Å². The first-order valence-corrected chi connectivity index (χ1v) is 7.48. The highest BCUT2D eigenvalue weighted by Crippen LogP contribution is 2.26. The van der Waals surface area contributed by atoms with Crippen LogP contribution in [-0.2, 0) is 9.59 Å². The van der Waals surface area contributed by atoms with E-state index in [0.29, 0.717) is 24.1 Å². The second kappa shape index (κ2) is 6.49. The van der Waals surface area contributed by atoms with Crippen LogP contribution in [0.2, 0.25) is 0 Å². The number of hydrogen-bond donors (Lipinski definition) is 2. The number of anilines is 1. The Morgan fingerprint density at radius 2 is 1.88 bits per heavy atom. The molecular weight excluding hydrogens is 310 g/mol. The van der Waals surface area contributed by atoms with E-state index in [1.165, 1.54) is 12.1 Å². The fourth-order valence-electron chi connectivity index (χ4n) is 2.62. The summed E-state index contributed by atoms with van der Waals surface area (Å²) in [6.07, 6.45) is 0.834. The maximum atomic E-state index is 12.1. The molecule has 7 nitrogen and oxygen atoms in total. The molecule has 7 heteroatoms. The van der Waals surface area contributed by atoms with Crippen LogP contribution >= 0.6 is 0 Å². The maximum Gasteiger partial charge on any atom is 0.270 e. The third kappa shape index (κ3) is 3.40. The first-order chi connectivity index (χ1) is 11.5. The Hall–Kier alpha value is -3.22. The van der Waals surface area contributed by atoms with Crippen LogP contribution in [0.3, 0.4) is 0 Å². The molecule has 2 amide bonds. The first kappa shape index (κ1) is 15.7. The average Bonchev–Trinajstić information content (AvgIpc) is 3.02. The van der Waals surface area contributed by atoms with Crippen LogP contribution in [-0.4, -0.2) is 22.8 Å². The van der Waals surface area contributed by atoms with Crippen LogP contribution in [0, 0.1) is 10.1 Å². The van der Waals surface area contributed by atoms with Gasteiger partial charge in [-0.05, 0) is 29.7 Å². The zero-order valence-electron chi connectivity index (χ0n) is 12.7. The Labute approximate surface area is 137 Å². The Bertz CT molecular complexity index is 819. The standard InChI is InChI=1S/C17H15N3O4/c21-16-8-7-15(19-16)17(22)18-13-5-1-3-11(9-13)12-4-2-6-14(10-12)20(23)24/h1-6,9-10,15H,7-8H2,(H,18,22)(H,19,21). The van der Waals surface area contributed by atoms with Gasteiger partial charge in [0.2, 0.25) is 11.8 Å². The van der Waals surface area contributed by atoms with Crippen molar-refractivity contribution < 1.29 is 14.5 Å². The predicted molar refractivity (Wildman–Crippen MR) is 88.3 cm³/mol. The first-order valence-electron chi connectivity index (χ1n) is 7.48. The van der Waals surface area contributed by atoms with Crippen LogP contribution in [0.15, 0.2) is 48.5 Å². The van der Waals surface area contributed by atoms with E-state index >= 15 is 0 Å². The normalized spacial score (nSPS) is 16.5. The number of carbonyl (C=O) groups is 2. The second-order valence-electron chi connectivity index (χ2n) is 5.54. The fourth-order valence-corrected chi connectivity index (χ4v) is 2.62. The van der Waals surface area contributed by atoms with Crippen molar-refractivity contribution in [1.82, 2.24) is 5.32 Å². The number of hydrogen-bond acceptors (Lipinski definition) is 4. The van der Waals surface area contributed by atoms with E-state index in [4.69, 9.17) is 0 Å². The molecule has 1 aliphatic rings. The van der Waals surface area contributed by atoms with E-state index in [9.17, 15) is 19.7 Å². The number of rotatable bonds is 4. The molecule has 0 aromatic heterocycles. The molecule has 3 rings (SSSR count). The Morgan fingerprint density at radius 1 is 1.17 bits per heavy atom. The molecule has 1 fully saturated rings. The van der Waals surface area contributed by atoms with Crippen LogP contribution < -0.4 is 10.6 Å². The van der Waals surface area contributed by atoms with E-state index in [1.54, 1.807) is 30.3 Å². The van der Waals surface area contributed by atoms with Crippen LogP contribution in [0.25, 0.3) is 11.1 Å². The number of nitro benzene ring substituents is 1. The summed E-state index contributed by atoms with van der Waals surface area (Å²) >= 11 is 0. The molecule has 1 atom stereocenters. The van der Waals surface area contributed by atoms with Gasteiger partial charge in [0.25, 0.3) is 5.69 Å². The molecule has 0 bridgehead atoms. The number of non-ortho nitro benzene ring substituents is 1. The van der Waals surface area contributed by atoms with Crippen molar-refractivity contribution >= 4 is 23.2 Å². The quantitative estimate of drug-likeness (QED) is 0.666. The monoisotopic (exact) mass is 325 g/mol. The third-order valence-electron chi connectivity index (χ3n) is 3.83. The largest absolute Gasteiger partial charge is 0.344 e. The van der Waals surface area contributed by atoms with Crippen molar-refractivity contribution in [2.45, 2.75) is 18.9 Å². The lowest BCUT2D eigenvalue weighted by Gasteiger charge is -2.12. The van der Waals surface area contributed by atoms with E-state index < -0.39 is 11.0 Å². The second-order valence-corrected chi connectivity index (χ2v) is 5.54. The van der Waals surface area contributed by atoms with Crippen LogP contribution in [0.1, 0.15) is 12.8 Å². The molecule has 1 saturated heterocycles. The van der Waals surface area contributed by atoms with Gasteiger partial charge in [0, 0.05) is 24.2 Å². The highest BCUT2D eigenvalue weighted by molar-refractivity contribution is 5.99. The number of amides is 2. The SMILES string of the molecule is O=C1CCC(C(=O)Nc2cccc(-c3cccc([N+](=O)[O-])c3)c2)N1. The molecule has 122 valence electrons. The topological polar surface area (TPSA) is 101 Å². The lowest BCUT2D eigenvalue weighted by molar-refractivity contribution is -0.384. The van der Waals surface area contributed by atoms with Gasteiger partial charge in [-0.2, -0.15) is 0 Å². The summed E-state index contributed by atoms with van der Waals surface area (Å²) < 4.78 is 0. The van der Waals surface area contributed by atoms with Gasteiger partial charge in [-0.15, -0.1) is 0 Å². The summed E-state index contributed by atoms with van der Waals surface area (Å²) in [6.45, 7) is 0. The molecule has 0 aliphatic carbocycles. The lowest BCUT2D eigenvalue weighted by Crippen LogP contribution is -2.37. The minimum Gasteiger partial charge on any atom is -0.344 e. The Kier molecular flexibility index (Phi) is 4.24. The zero-order valence-corrected chi connectivity index (χ0v) is 12.7. The molecule has 1 unspecified atom stereocenters. The third-order valence-corrected chi connectivity index (χ3v) is 3.83. The smallest absolute Gasteiger partial charge is 0.270 e. The van der Waals surface area contributed by atoms with E-state index in [2.05, 4.69) is 10.6 Å². The van der Waals surface area contributed by atoms with Gasteiger partial charge in [-0.3, -0.25) is 19.7 Å². The van der Waals surface area contributed by atoms with Crippen molar-refractivity contribution in [3.05, 3.63) is 58.6 Å². The van der Waals surface area contributed by atoms with Gasteiger partial charge < -0.3 is 10.6 Å². The number of nitrogens with one attached hydrogen (secondary N) is 2. The lowest BCUT2D eigenvalue weighted by atomic mass is 10.0. The van der Waals surface area contributed by atoms with Crippen molar-refractivity contribution in [2.24, 2.45) is 0 Å². The minimum atomic E-state index is -0.515. The Balaban J connectivity index is 1.79. The van der Waals surface area contributed by atoms with Crippen LogP contribution in [0.4, 0.5) is 11.4 Å². The van der Waals surface area contributed by atoms with Gasteiger partial charge in [0.1, 0.15) is 6.04 Å². The fraction of sp³-hybridized carbons (Fsp3) is 0.176. The van der Waals surface area contributed by atoms with Gasteiger partial charge in [0.05, 0.1) is 4.92 Å². The number of nitrogens with zero attached hydrogens (tertiary/aromatic N) is 1. The van der Waals surface area contributed by atoms with Crippen molar-refractivity contribution in [1.29, 1.82) is 0 Å². The Morgan fingerprint density at radius 3 is 2.54 bits per heavy atom. The number of nitro groups is 1. The highest BCUT2D eigenvalue weighted by Gasteiger charge is 2.27. The van der Waals surface area contributed by atoms with Crippen molar-refractivity contribution in [2.75, 3.05) is 5.32 Å². The van der Waals surface area contributed by atoms with Gasteiger partial charge in [0.15, 0.2) is 0 Å². The van der Waals surface area contributed by atoms with Gasteiger partial charge in [-0.25, -0.2) is 0 Å². The van der Waals surface area contributed by atoms with E-state index in [1.807, 2.05) is 6.07 Å². The summed E-state index contributed by atoms with van der Waals surface area (Å²) in [6, 6.07) is 12.8. The predicted octanol–water partition coefficient (Wildman–Crippen LogP) is 2.48. The van der Waals surface area contributed by atoms with Crippen molar-refractivity contribution in [3.63, 3.8) is 0 Å². The molecule has 2 aromatic rings. The molecule has 24 heavy (non-hydrogen) atoms. The molecule has 1 aliphatic heterocycles. The molecule has 2 N–H and O–H groups in total. The van der Waals surface area contributed by atoms with Gasteiger partial charge in [-0.1, -0.05) is 24.3 Å². The summed E-state index contributed by atoms with van der Waals surface area (Å²) in [7, 11) is 0. The zero-order chi connectivity index (χ0) is 17.1. The average molecular weight is 325 g/mol. The molecule has 0 saturated carbocycles. The van der Waals surface area contributed by atoms with Crippen molar-refractivity contribution in [3.8, 4) is 11.1 Å². The summed E-state index contributed by atoms with van der Waals surface area (Å²) in [4.78, 5) is 33.8. The molecule has 0 radical (unpaired) electrons. The molecule has 0 spiro atoms. The summed E-state index contributed by atoms with van der Waals surface area (Å²) in [5.74, 6) is -0.391. The van der Waals surface area contributed by atoms with E-state index in [0.717, 1.165) is 5.56 Å². The molecule has 2 aromatic carbocycles. The highest BCUT2D eigenvalue weighted by atomic mass is 16.6. The summed E-state index contributed by atoms with van der Waals surface area (Å²) in [5.41, 5.74) is 2.03. The van der Waals surface area contributed by atoms with Gasteiger partial charge >= 0.3 is 0 Å². The number of benzene rings is 2.